The molecule has 0 radical (unpaired) electrons. The lowest BCUT2D eigenvalue weighted by Gasteiger charge is -2.08. The summed E-state index contributed by atoms with van der Waals surface area (Å²) in [6.07, 6.45) is 0. The van der Waals surface area contributed by atoms with Gasteiger partial charge in [-0.3, -0.25) is 4.79 Å². The third-order valence-corrected chi connectivity index (χ3v) is 2.98. The van der Waals surface area contributed by atoms with Gasteiger partial charge in [0.1, 0.15) is 0 Å². The van der Waals surface area contributed by atoms with Crippen LogP contribution in [0.5, 0.6) is 5.75 Å². The molecule has 0 atom stereocenters. The van der Waals surface area contributed by atoms with Gasteiger partial charge >= 0.3 is 0 Å². The van der Waals surface area contributed by atoms with Crippen LogP contribution in [-0.2, 0) is 0 Å². The molecule has 0 fully saturated rings. The molecule has 0 saturated carbocycles. The van der Waals surface area contributed by atoms with Crippen molar-refractivity contribution < 1.29 is 13.9 Å². The van der Waals surface area contributed by atoms with E-state index in [1.807, 2.05) is 0 Å². The second-order valence-electron chi connectivity index (χ2n) is 3.89. The number of ketones is 1. The molecule has 2 N–H and O–H groups in total. The second kappa shape index (κ2) is 5.28. The minimum atomic E-state index is -0.706. The first-order chi connectivity index (χ1) is 9.04. The SMILES string of the molecule is COc1cccc(C(=O)c2ccc(N)cc2Cl)c1F. The van der Waals surface area contributed by atoms with Gasteiger partial charge in [0.05, 0.1) is 17.7 Å². The van der Waals surface area contributed by atoms with Crippen molar-refractivity contribution in [2.24, 2.45) is 0 Å². The first kappa shape index (κ1) is 13.4. The fraction of sp³-hybridized carbons (Fsp3) is 0.0714. The molecule has 2 aromatic carbocycles. The van der Waals surface area contributed by atoms with Crippen LogP contribution in [0.1, 0.15) is 15.9 Å². The number of nitrogen functional groups attached to an aromatic ring is 1. The van der Waals surface area contributed by atoms with Crippen molar-refractivity contribution in [3.63, 3.8) is 0 Å². The number of carbonyl (C=O) groups is 1. The van der Waals surface area contributed by atoms with Crippen molar-refractivity contribution in [1.29, 1.82) is 0 Å². The summed E-state index contributed by atoms with van der Waals surface area (Å²) in [7, 11) is 1.34. The first-order valence-corrected chi connectivity index (χ1v) is 5.84. The lowest BCUT2D eigenvalue weighted by molar-refractivity contribution is 0.103. The van der Waals surface area contributed by atoms with Gasteiger partial charge in [-0.1, -0.05) is 17.7 Å². The summed E-state index contributed by atoms with van der Waals surface area (Å²) in [5.41, 5.74) is 6.10. The van der Waals surface area contributed by atoms with Gasteiger partial charge in [0, 0.05) is 11.3 Å². The molecule has 0 aliphatic carbocycles. The Kier molecular flexibility index (Phi) is 3.71. The highest BCUT2D eigenvalue weighted by molar-refractivity contribution is 6.35. The third kappa shape index (κ3) is 2.53. The molecule has 2 rings (SSSR count). The molecule has 0 spiro atoms. The highest BCUT2D eigenvalue weighted by atomic mass is 35.5. The monoisotopic (exact) mass is 279 g/mol. The quantitative estimate of drug-likeness (QED) is 0.693. The number of halogens is 2. The molecule has 0 saturated heterocycles. The number of carbonyl (C=O) groups excluding carboxylic acids is 1. The van der Waals surface area contributed by atoms with Gasteiger partial charge in [0.15, 0.2) is 17.3 Å². The van der Waals surface area contributed by atoms with E-state index in [0.29, 0.717) is 5.69 Å². The maximum Gasteiger partial charge on any atom is 0.197 e. The normalized spacial score (nSPS) is 10.3. The zero-order valence-corrected chi connectivity index (χ0v) is 10.9. The summed E-state index contributed by atoms with van der Waals surface area (Å²) < 4.78 is 18.8. The van der Waals surface area contributed by atoms with Crippen LogP contribution in [0.4, 0.5) is 10.1 Å². The molecule has 3 nitrogen and oxygen atoms in total. The molecular weight excluding hydrogens is 269 g/mol. The van der Waals surface area contributed by atoms with E-state index in [2.05, 4.69) is 0 Å². The fourth-order valence-electron chi connectivity index (χ4n) is 1.70. The van der Waals surface area contributed by atoms with Crippen molar-refractivity contribution in [3.05, 3.63) is 58.4 Å². The Labute approximate surface area is 114 Å². The molecule has 19 heavy (non-hydrogen) atoms. The van der Waals surface area contributed by atoms with Crippen LogP contribution in [0.2, 0.25) is 5.02 Å². The van der Waals surface area contributed by atoms with E-state index >= 15 is 0 Å². The molecule has 0 aliphatic rings. The summed E-state index contributed by atoms with van der Waals surface area (Å²) in [5, 5.41) is 0.187. The summed E-state index contributed by atoms with van der Waals surface area (Å²) in [6.45, 7) is 0. The Bertz CT molecular complexity index is 643. The maximum atomic E-state index is 14.0. The minimum Gasteiger partial charge on any atom is -0.494 e. The summed E-state index contributed by atoms with van der Waals surface area (Å²) in [6, 6.07) is 8.83. The zero-order valence-electron chi connectivity index (χ0n) is 10.1. The molecule has 2 aromatic rings. The molecule has 0 aromatic heterocycles. The highest BCUT2D eigenvalue weighted by Crippen LogP contribution is 2.26. The number of ether oxygens (including phenoxy) is 1. The van der Waals surface area contributed by atoms with E-state index in [4.69, 9.17) is 22.1 Å². The molecule has 5 heteroatoms. The van der Waals surface area contributed by atoms with E-state index in [1.165, 1.54) is 37.4 Å². The van der Waals surface area contributed by atoms with Gasteiger partial charge in [-0.25, -0.2) is 4.39 Å². The predicted octanol–water partition coefficient (Wildman–Crippen LogP) is 3.30. The third-order valence-electron chi connectivity index (χ3n) is 2.67. The zero-order chi connectivity index (χ0) is 14.0. The van der Waals surface area contributed by atoms with Crippen molar-refractivity contribution in [3.8, 4) is 5.75 Å². The molecule has 0 amide bonds. The topological polar surface area (TPSA) is 52.3 Å². The number of benzene rings is 2. The van der Waals surface area contributed by atoms with E-state index in [9.17, 15) is 9.18 Å². The van der Waals surface area contributed by atoms with Gasteiger partial charge in [-0.05, 0) is 30.3 Å². The predicted molar refractivity (Wildman–Crippen MR) is 72.2 cm³/mol. The van der Waals surface area contributed by atoms with Crippen LogP contribution in [-0.4, -0.2) is 12.9 Å². The van der Waals surface area contributed by atoms with Crippen LogP contribution in [0.3, 0.4) is 0 Å². The second-order valence-corrected chi connectivity index (χ2v) is 4.30. The lowest BCUT2D eigenvalue weighted by Crippen LogP contribution is -2.06. The van der Waals surface area contributed by atoms with Crippen LogP contribution in [0.15, 0.2) is 36.4 Å². The van der Waals surface area contributed by atoms with Crippen molar-refractivity contribution in [2.45, 2.75) is 0 Å². The Morgan fingerprint density at radius 3 is 2.63 bits per heavy atom. The van der Waals surface area contributed by atoms with Gasteiger partial charge in [-0.15, -0.1) is 0 Å². The van der Waals surface area contributed by atoms with Crippen LogP contribution in [0, 0.1) is 5.82 Å². The number of rotatable bonds is 3. The molecular formula is C14H11ClFNO2. The number of hydrogen-bond donors (Lipinski definition) is 1. The molecule has 98 valence electrons. The Balaban J connectivity index is 2.50. The number of methoxy groups -OCH3 is 1. The minimum absolute atomic E-state index is 0.0115. The van der Waals surface area contributed by atoms with E-state index in [-0.39, 0.29) is 21.9 Å². The average Bonchev–Trinajstić information content (AvgIpc) is 2.38. The Morgan fingerprint density at radius 2 is 2.00 bits per heavy atom. The lowest BCUT2D eigenvalue weighted by atomic mass is 10.0. The number of nitrogens with two attached hydrogens (primary N) is 1. The fourth-order valence-corrected chi connectivity index (χ4v) is 1.98. The molecule has 0 bridgehead atoms. The van der Waals surface area contributed by atoms with Crippen LogP contribution in [0.25, 0.3) is 0 Å². The van der Waals surface area contributed by atoms with Gasteiger partial charge in [0.25, 0.3) is 0 Å². The number of anilines is 1. The van der Waals surface area contributed by atoms with E-state index in [1.54, 1.807) is 6.07 Å². The summed E-state index contributed by atoms with van der Waals surface area (Å²) in [5.74, 6) is -1.21. The standard InChI is InChI=1S/C14H11ClFNO2/c1-19-12-4-2-3-10(13(12)16)14(18)9-6-5-8(17)7-11(9)15/h2-7H,17H2,1H3. The first-order valence-electron chi connectivity index (χ1n) is 5.47. The summed E-state index contributed by atoms with van der Waals surface area (Å²) >= 11 is 5.95. The van der Waals surface area contributed by atoms with E-state index < -0.39 is 11.6 Å². The summed E-state index contributed by atoms with van der Waals surface area (Å²) in [4.78, 5) is 12.2. The van der Waals surface area contributed by atoms with E-state index in [0.717, 1.165) is 0 Å². The van der Waals surface area contributed by atoms with Crippen molar-refractivity contribution in [1.82, 2.24) is 0 Å². The molecule has 0 heterocycles. The Morgan fingerprint density at radius 1 is 1.26 bits per heavy atom. The largest absolute Gasteiger partial charge is 0.494 e. The highest BCUT2D eigenvalue weighted by Gasteiger charge is 2.19. The molecule has 0 aliphatic heterocycles. The van der Waals surface area contributed by atoms with Crippen LogP contribution < -0.4 is 10.5 Å². The van der Waals surface area contributed by atoms with Gasteiger partial charge in [-0.2, -0.15) is 0 Å². The number of hydrogen-bond acceptors (Lipinski definition) is 3. The van der Waals surface area contributed by atoms with Crippen molar-refractivity contribution in [2.75, 3.05) is 12.8 Å². The molecule has 0 unspecified atom stereocenters. The van der Waals surface area contributed by atoms with Crippen LogP contribution >= 0.6 is 11.6 Å². The van der Waals surface area contributed by atoms with Gasteiger partial charge in [0.2, 0.25) is 0 Å². The Hall–Kier alpha value is -2.07. The smallest absolute Gasteiger partial charge is 0.197 e. The maximum absolute atomic E-state index is 14.0. The average molecular weight is 280 g/mol. The van der Waals surface area contributed by atoms with Gasteiger partial charge < -0.3 is 10.5 Å². The van der Waals surface area contributed by atoms with Crippen molar-refractivity contribution >= 4 is 23.1 Å².